The largest absolute Gasteiger partial charge is 0.490 e. The van der Waals surface area contributed by atoms with Gasteiger partial charge in [0.1, 0.15) is 60.3 Å². The molecule has 3 unspecified atom stereocenters. The number of rotatable bonds is 13. The molecule has 2 fully saturated rings. The van der Waals surface area contributed by atoms with Gasteiger partial charge in [-0.2, -0.15) is 8.62 Å². The maximum Gasteiger partial charge on any atom is 0.490 e. The number of hydrogen-bond donors (Lipinski definition) is 8. The van der Waals surface area contributed by atoms with E-state index in [1.807, 2.05) is 0 Å². The number of phosphoric acid groups is 3. The van der Waals surface area contributed by atoms with Crippen LogP contribution in [0.3, 0.4) is 0 Å². The van der Waals surface area contributed by atoms with Gasteiger partial charge in [0.05, 0.1) is 25.9 Å². The Hall–Kier alpha value is -3.13. The fourth-order valence-corrected chi connectivity index (χ4v) is 8.72. The lowest BCUT2D eigenvalue weighted by molar-refractivity contribution is -0.0578. The summed E-state index contributed by atoms with van der Waals surface area (Å²) in [5.74, 6) is 0.0829. The predicted molar refractivity (Wildman–Crippen MR) is 160 cm³/mol. The minimum atomic E-state index is -5.92. The smallest absolute Gasteiger partial charge is 0.387 e. The molecular weight excluding hydrogens is 741 g/mol. The molecule has 2 aliphatic rings. The summed E-state index contributed by atoms with van der Waals surface area (Å²) in [5.41, 5.74) is 12.3. The number of fused-ring (bicyclic) bond motifs is 2. The van der Waals surface area contributed by atoms with Crippen LogP contribution in [0.2, 0.25) is 0 Å². The Balaban J connectivity index is 1.04. The fraction of sp³-hybridized carbons (Fsp3) is 0.524. The van der Waals surface area contributed by atoms with E-state index in [0.717, 1.165) is 12.7 Å². The summed E-state index contributed by atoms with van der Waals surface area (Å²) in [4.78, 5) is 53.9. The van der Waals surface area contributed by atoms with Gasteiger partial charge in [0.2, 0.25) is 0 Å². The van der Waals surface area contributed by atoms with Crippen LogP contribution in [0.15, 0.2) is 25.3 Å². The highest BCUT2D eigenvalue weighted by atomic mass is 31.3. The van der Waals surface area contributed by atoms with Crippen LogP contribution in [0.4, 0.5) is 11.6 Å². The van der Waals surface area contributed by atoms with E-state index >= 15 is 0 Å². The first-order valence-electron chi connectivity index (χ1n) is 13.9. The highest BCUT2D eigenvalue weighted by molar-refractivity contribution is 7.66. The molecule has 0 radical (unpaired) electrons. The van der Waals surface area contributed by atoms with Crippen molar-refractivity contribution < 1.29 is 75.6 Å². The lowest BCUT2D eigenvalue weighted by atomic mass is 10.1. The molecule has 50 heavy (non-hydrogen) atoms. The number of methoxy groups -OCH3 is 1. The van der Waals surface area contributed by atoms with Crippen LogP contribution in [0.1, 0.15) is 12.5 Å². The molecule has 0 amide bonds. The number of nitrogens with two attached hydrogens (primary N) is 2. The van der Waals surface area contributed by atoms with Gasteiger partial charge in [-0.1, -0.05) is 0 Å². The highest BCUT2D eigenvalue weighted by Gasteiger charge is 2.49. The Morgan fingerprint density at radius 1 is 0.700 bits per heavy atom. The van der Waals surface area contributed by atoms with Gasteiger partial charge < -0.3 is 55.7 Å². The molecule has 11 atom stereocenters. The van der Waals surface area contributed by atoms with E-state index < -0.39 is 85.8 Å². The van der Waals surface area contributed by atoms with Crippen LogP contribution in [-0.2, 0) is 45.6 Å². The van der Waals surface area contributed by atoms with Crippen molar-refractivity contribution >= 4 is 57.4 Å². The van der Waals surface area contributed by atoms with Crippen LogP contribution in [0.25, 0.3) is 22.3 Å². The molecule has 4 aromatic heterocycles. The number of aliphatic hydroxyl groups is 3. The van der Waals surface area contributed by atoms with Crippen molar-refractivity contribution in [3.8, 4) is 0 Å². The maximum absolute atomic E-state index is 12.5. The third-order valence-corrected chi connectivity index (χ3v) is 11.7. The van der Waals surface area contributed by atoms with Gasteiger partial charge in [0.15, 0.2) is 35.4 Å². The van der Waals surface area contributed by atoms with Crippen LogP contribution < -0.4 is 11.5 Å². The second-order valence-corrected chi connectivity index (χ2v) is 15.3. The van der Waals surface area contributed by atoms with Crippen LogP contribution in [0.5, 0.6) is 0 Å². The van der Waals surface area contributed by atoms with Crippen LogP contribution in [-0.4, -0.2) is 126 Å². The quantitative estimate of drug-likeness (QED) is 0.0687. The summed E-state index contributed by atoms with van der Waals surface area (Å²) in [7, 11) is -15.9. The molecule has 4 aromatic rings. The number of aliphatic hydroxyl groups excluding tert-OH is 3. The van der Waals surface area contributed by atoms with Gasteiger partial charge in [0.25, 0.3) is 0 Å². The fourth-order valence-electron chi connectivity index (χ4n) is 5.20. The van der Waals surface area contributed by atoms with E-state index in [0.29, 0.717) is 0 Å². The molecule has 2 aliphatic heterocycles. The Kier molecular flexibility index (Phi) is 10.1. The van der Waals surface area contributed by atoms with Crippen molar-refractivity contribution in [2.45, 2.75) is 49.1 Å². The van der Waals surface area contributed by atoms with Crippen LogP contribution in [0, 0.1) is 0 Å². The second-order valence-electron chi connectivity index (χ2n) is 10.6. The average molecular weight is 770 g/mol. The number of nitrogen functional groups attached to an aromatic ring is 2. The van der Waals surface area contributed by atoms with Crippen molar-refractivity contribution in [3.63, 3.8) is 0 Å². The molecule has 0 aliphatic carbocycles. The van der Waals surface area contributed by atoms with Gasteiger partial charge in [0, 0.05) is 7.11 Å². The van der Waals surface area contributed by atoms with Crippen molar-refractivity contribution in [3.05, 3.63) is 25.3 Å². The predicted octanol–water partition coefficient (Wildman–Crippen LogP) is -1.91. The third-order valence-electron chi connectivity index (χ3n) is 7.46. The number of nitrogens with zero attached hydrogens (tertiary/aromatic N) is 8. The first-order valence-corrected chi connectivity index (χ1v) is 18.4. The van der Waals surface area contributed by atoms with E-state index in [1.54, 1.807) is 0 Å². The zero-order valence-corrected chi connectivity index (χ0v) is 27.9. The SMILES string of the molecule is CO[C@@H]1[C@H](O)[C@@H](COP(=O)(O)OP(=O)(O)OP(=O)(O)OC[C@H]2O[C@@H](n3cnc4c(N)ncnc43)[C@H](O)[C@@H]2O)O[C@H]1n1cnc2c(N)ncnc21. The second kappa shape index (κ2) is 13.8. The first-order chi connectivity index (χ1) is 23.5. The zero-order valence-electron chi connectivity index (χ0n) is 25.2. The molecule has 2 saturated heterocycles. The Labute approximate surface area is 278 Å². The number of phosphoric ester groups is 2. The molecule has 10 N–H and O–H groups in total. The summed E-state index contributed by atoms with van der Waals surface area (Å²) < 4.78 is 74.1. The molecule has 0 aromatic carbocycles. The van der Waals surface area contributed by atoms with Crippen LogP contribution >= 0.6 is 23.5 Å². The number of aromatic nitrogens is 8. The minimum Gasteiger partial charge on any atom is -0.387 e. The topological polar surface area (TPSA) is 376 Å². The maximum atomic E-state index is 12.5. The summed E-state index contributed by atoms with van der Waals surface area (Å²) >= 11 is 0. The number of hydrogen-bond acceptors (Lipinski definition) is 21. The molecule has 6 rings (SSSR count). The highest BCUT2D eigenvalue weighted by Crippen LogP contribution is 2.67. The van der Waals surface area contributed by atoms with E-state index in [9.17, 15) is 43.7 Å². The van der Waals surface area contributed by atoms with Gasteiger partial charge in [-0.15, -0.1) is 0 Å². The number of ether oxygens (including phenoxy) is 3. The summed E-state index contributed by atoms with van der Waals surface area (Å²) in [6, 6.07) is 0. The molecule has 0 saturated carbocycles. The summed E-state index contributed by atoms with van der Waals surface area (Å²) in [6.45, 7) is -1.95. The average Bonchev–Trinajstić information content (AvgIpc) is 3.79. The summed E-state index contributed by atoms with van der Waals surface area (Å²) in [5, 5.41) is 31.7. The zero-order chi connectivity index (χ0) is 36.2. The van der Waals surface area contributed by atoms with Gasteiger partial charge >= 0.3 is 23.5 Å². The third kappa shape index (κ3) is 7.29. The van der Waals surface area contributed by atoms with Crippen molar-refractivity contribution in [1.82, 2.24) is 39.0 Å². The number of imidazole rings is 2. The van der Waals surface area contributed by atoms with Crippen molar-refractivity contribution in [2.75, 3.05) is 31.8 Å². The first kappa shape index (κ1) is 36.7. The van der Waals surface area contributed by atoms with E-state index in [1.165, 1.54) is 28.9 Å². The van der Waals surface area contributed by atoms with E-state index in [-0.39, 0.29) is 34.0 Å². The van der Waals surface area contributed by atoms with Gasteiger partial charge in [-0.3, -0.25) is 18.2 Å². The van der Waals surface area contributed by atoms with Crippen molar-refractivity contribution in [2.24, 2.45) is 0 Å². The molecule has 0 bridgehead atoms. The van der Waals surface area contributed by atoms with E-state index in [4.69, 9.17) is 30.2 Å². The Morgan fingerprint density at radius 2 is 1.16 bits per heavy atom. The molecule has 274 valence electrons. The normalized spacial score (nSPS) is 30.8. The Morgan fingerprint density at radius 3 is 1.66 bits per heavy atom. The summed E-state index contributed by atoms with van der Waals surface area (Å²) in [6.07, 6.45) is -6.62. The van der Waals surface area contributed by atoms with Gasteiger partial charge in [-0.25, -0.2) is 43.6 Å². The standard InChI is InChI=1S/C21H29N10O16P3/c1-41-15-13(33)9(45-21(15)31-7-29-11-17(23)25-5-27-19(11)31)3-43-49(37,38)47-50(39,40)46-48(35,36)42-2-8-12(32)14(34)20(44-8)30-6-28-10-16(22)24-4-26-18(10)30/h4-9,12-15,20-21,32-34H,2-3H2,1H3,(H,35,36)(H,37,38)(H,39,40)(H2,22,24,26)(H2,23,25,27)/t8-,9-,12-,13-,14-,15-,20-,21-/m1/s1. The molecule has 26 nitrogen and oxygen atoms in total. The van der Waals surface area contributed by atoms with E-state index in [2.05, 4.69) is 43.0 Å². The molecular formula is C21H29N10O16P3. The molecule has 29 heteroatoms. The lowest BCUT2D eigenvalue weighted by Gasteiger charge is -2.21. The van der Waals surface area contributed by atoms with Gasteiger partial charge in [-0.05, 0) is 0 Å². The van der Waals surface area contributed by atoms with Crippen molar-refractivity contribution in [1.29, 1.82) is 0 Å². The molecule has 6 heterocycles. The molecule has 0 spiro atoms. The lowest BCUT2D eigenvalue weighted by Crippen LogP contribution is -2.35. The Bertz CT molecular complexity index is 2020. The minimum absolute atomic E-state index is 0.0213. The monoisotopic (exact) mass is 770 g/mol. The number of anilines is 2.